The highest BCUT2D eigenvalue weighted by molar-refractivity contribution is 7.89. The second-order valence-electron chi connectivity index (χ2n) is 5.00. The van der Waals surface area contributed by atoms with E-state index >= 15 is 0 Å². The Balaban J connectivity index is 2.32. The first-order valence-electron chi connectivity index (χ1n) is 7.50. The fraction of sp³-hybridized carbons (Fsp3) is 0.429. The Labute approximate surface area is 144 Å². The molecule has 1 aromatic carbocycles. The Kier molecular flexibility index (Phi) is 5.69. The van der Waals surface area contributed by atoms with Crippen molar-refractivity contribution in [1.29, 1.82) is 0 Å². The predicted octanol–water partition coefficient (Wildman–Crippen LogP) is 1.90. The molecule has 0 bridgehead atoms. The molecule has 10 nitrogen and oxygen atoms in total. The van der Waals surface area contributed by atoms with Crippen LogP contribution in [0, 0.1) is 17.0 Å². The van der Waals surface area contributed by atoms with Gasteiger partial charge in [-0.15, -0.1) is 0 Å². The van der Waals surface area contributed by atoms with Gasteiger partial charge >= 0.3 is 5.69 Å². The van der Waals surface area contributed by atoms with Crippen LogP contribution in [0.4, 0.5) is 5.69 Å². The minimum atomic E-state index is -3.81. The van der Waals surface area contributed by atoms with Crippen molar-refractivity contribution in [3.63, 3.8) is 0 Å². The van der Waals surface area contributed by atoms with Gasteiger partial charge in [0.15, 0.2) is 18.2 Å². The van der Waals surface area contributed by atoms with Crippen LogP contribution in [0.3, 0.4) is 0 Å². The maximum atomic E-state index is 12.5. The molecule has 0 aliphatic rings. The number of nitrogens with zero attached hydrogens (tertiary/aromatic N) is 4. The normalized spacial score (nSPS) is 11.7. The standard InChI is InChI=1S/C14H18N4O6S/c1-4-17(5-2)25(21,22)11-6-7-13(12(8-11)18(19)20)23-9-14-15-10(3)16-24-14/h6-8H,4-5,9H2,1-3H3. The molecule has 0 N–H and O–H groups in total. The lowest BCUT2D eigenvalue weighted by Gasteiger charge is -2.18. The first-order chi connectivity index (χ1) is 11.8. The van der Waals surface area contributed by atoms with E-state index in [0.29, 0.717) is 5.82 Å². The van der Waals surface area contributed by atoms with Gasteiger partial charge in [0.2, 0.25) is 10.0 Å². The van der Waals surface area contributed by atoms with Gasteiger partial charge in [0, 0.05) is 19.2 Å². The predicted molar refractivity (Wildman–Crippen MR) is 86.6 cm³/mol. The molecule has 0 saturated heterocycles. The summed E-state index contributed by atoms with van der Waals surface area (Å²) in [6.45, 7) is 5.38. The lowest BCUT2D eigenvalue weighted by Crippen LogP contribution is -2.30. The number of aryl methyl sites for hydroxylation is 1. The number of benzene rings is 1. The van der Waals surface area contributed by atoms with Crippen LogP contribution in [-0.4, -0.2) is 40.9 Å². The summed E-state index contributed by atoms with van der Waals surface area (Å²) in [7, 11) is -3.81. The lowest BCUT2D eigenvalue weighted by atomic mass is 10.3. The number of nitro benzene ring substituents is 1. The molecule has 0 amide bonds. The van der Waals surface area contributed by atoms with Gasteiger partial charge in [-0.2, -0.15) is 9.29 Å². The van der Waals surface area contributed by atoms with Gasteiger partial charge in [0.1, 0.15) is 0 Å². The van der Waals surface area contributed by atoms with Gasteiger partial charge in [0.05, 0.1) is 9.82 Å². The van der Waals surface area contributed by atoms with E-state index < -0.39 is 20.6 Å². The molecule has 1 aromatic heterocycles. The van der Waals surface area contributed by atoms with E-state index in [2.05, 4.69) is 10.1 Å². The summed E-state index contributed by atoms with van der Waals surface area (Å²) in [5.74, 6) is 0.486. The quantitative estimate of drug-likeness (QED) is 0.509. The molecule has 2 rings (SSSR count). The average molecular weight is 370 g/mol. The second-order valence-corrected chi connectivity index (χ2v) is 6.94. The van der Waals surface area contributed by atoms with Crippen molar-refractivity contribution in [2.45, 2.75) is 32.3 Å². The van der Waals surface area contributed by atoms with Crippen molar-refractivity contribution in [2.24, 2.45) is 0 Å². The molecular weight excluding hydrogens is 352 g/mol. The molecule has 0 unspecified atom stereocenters. The Morgan fingerprint density at radius 3 is 2.52 bits per heavy atom. The van der Waals surface area contributed by atoms with E-state index in [0.717, 1.165) is 6.07 Å². The third-order valence-corrected chi connectivity index (χ3v) is 5.44. The zero-order valence-electron chi connectivity index (χ0n) is 14.0. The lowest BCUT2D eigenvalue weighted by molar-refractivity contribution is -0.386. The summed E-state index contributed by atoms with van der Waals surface area (Å²) in [5.41, 5.74) is -0.454. The Morgan fingerprint density at radius 1 is 1.32 bits per heavy atom. The van der Waals surface area contributed by atoms with Crippen LogP contribution >= 0.6 is 0 Å². The summed E-state index contributed by atoms with van der Waals surface area (Å²) < 4.78 is 36.4. The molecular formula is C14H18N4O6S. The van der Waals surface area contributed by atoms with Crippen molar-refractivity contribution >= 4 is 15.7 Å². The van der Waals surface area contributed by atoms with Crippen molar-refractivity contribution in [3.05, 3.63) is 40.0 Å². The minimum Gasteiger partial charge on any atom is -0.477 e. The summed E-state index contributed by atoms with van der Waals surface area (Å²) >= 11 is 0. The first-order valence-corrected chi connectivity index (χ1v) is 8.94. The second kappa shape index (κ2) is 7.57. The number of hydrogen-bond donors (Lipinski definition) is 0. The van der Waals surface area contributed by atoms with Gasteiger partial charge in [-0.3, -0.25) is 10.1 Å². The maximum Gasteiger partial charge on any atom is 0.312 e. The monoisotopic (exact) mass is 370 g/mol. The highest BCUT2D eigenvalue weighted by atomic mass is 32.2. The Morgan fingerprint density at radius 2 is 2.00 bits per heavy atom. The molecule has 0 radical (unpaired) electrons. The highest BCUT2D eigenvalue weighted by Gasteiger charge is 2.26. The SMILES string of the molecule is CCN(CC)S(=O)(=O)c1ccc(OCc2nc(C)no2)c([N+](=O)[O-])c1. The molecule has 2 aromatic rings. The zero-order valence-corrected chi connectivity index (χ0v) is 14.8. The van der Waals surface area contributed by atoms with Crippen LogP contribution in [-0.2, 0) is 16.6 Å². The van der Waals surface area contributed by atoms with E-state index in [1.807, 2.05) is 0 Å². The van der Waals surface area contributed by atoms with Crippen LogP contribution in [0.1, 0.15) is 25.6 Å². The molecule has 11 heteroatoms. The number of rotatable bonds is 8. The summed E-state index contributed by atoms with van der Waals surface area (Å²) in [5, 5.41) is 14.9. The summed E-state index contributed by atoms with van der Waals surface area (Å²) in [6, 6.07) is 3.51. The number of sulfonamides is 1. The van der Waals surface area contributed by atoms with Gasteiger partial charge in [0.25, 0.3) is 5.89 Å². The molecule has 136 valence electrons. The van der Waals surface area contributed by atoms with E-state index in [-0.39, 0.29) is 36.2 Å². The number of hydrogen-bond acceptors (Lipinski definition) is 8. The molecule has 25 heavy (non-hydrogen) atoms. The molecule has 0 aliphatic carbocycles. The summed E-state index contributed by atoms with van der Waals surface area (Å²) in [4.78, 5) is 14.4. The van der Waals surface area contributed by atoms with Gasteiger partial charge in [-0.05, 0) is 19.1 Å². The topological polar surface area (TPSA) is 129 Å². The van der Waals surface area contributed by atoms with Gasteiger partial charge < -0.3 is 9.26 Å². The molecule has 1 heterocycles. The van der Waals surface area contributed by atoms with E-state index in [1.165, 1.54) is 16.4 Å². The molecule has 0 spiro atoms. The van der Waals surface area contributed by atoms with Crippen molar-refractivity contribution in [1.82, 2.24) is 14.4 Å². The molecule has 0 saturated carbocycles. The maximum absolute atomic E-state index is 12.5. The number of ether oxygens (including phenoxy) is 1. The third kappa shape index (κ3) is 4.12. The Bertz CT molecular complexity index is 860. The first kappa shape index (κ1) is 18.8. The smallest absolute Gasteiger partial charge is 0.312 e. The van der Waals surface area contributed by atoms with E-state index in [4.69, 9.17) is 9.26 Å². The van der Waals surface area contributed by atoms with Crippen LogP contribution in [0.25, 0.3) is 0 Å². The van der Waals surface area contributed by atoms with Crippen LogP contribution in [0.2, 0.25) is 0 Å². The summed E-state index contributed by atoms with van der Waals surface area (Å²) in [6.07, 6.45) is 0. The number of nitro groups is 1. The number of aromatic nitrogens is 2. The fourth-order valence-corrected chi connectivity index (χ4v) is 3.65. The average Bonchev–Trinajstić information content (AvgIpc) is 2.99. The Hall–Kier alpha value is -2.53. The van der Waals surface area contributed by atoms with Crippen molar-refractivity contribution in [3.8, 4) is 5.75 Å². The van der Waals surface area contributed by atoms with Crippen molar-refractivity contribution in [2.75, 3.05) is 13.1 Å². The van der Waals surface area contributed by atoms with Crippen LogP contribution in [0.15, 0.2) is 27.6 Å². The van der Waals surface area contributed by atoms with E-state index in [9.17, 15) is 18.5 Å². The van der Waals surface area contributed by atoms with E-state index in [1.54, 1.807) is 20.8 Å². The van der Waals surface area contributed by atoms with Crippen LogP contribution < -0.4 is 4.74 Å². The highest BCUT2D eigenvalue weighted by Crippen LogP contribution is 2.31. The molecule has 0 fully saturated rings. The fourth-order valence-electron chi connectivity index (χ4n) is 2.17. The minimum absolute atomic E-state index is 0.0839. The van der Waals surface area contributed by atoms with Crippen LogP contribution in [0.5, 0.6) is 5.75 Å². The zero-order chi connectivity index (χ0) is 18.6. The third-order valence-electron chi connectivity index (χ3n) is 3.39. The molecule has 0 atom stereocenters. The largest absolute Gasteiger partial charge is 0.477 e. The molecule has 0 aliphatic heterocycles. The van der Waals surface area contributed by atoms with Crippen molar-refractivity contribution < 1.29 is 22.6 Å². The van der Waals surface area contributed by atoms with Gasteiger partial charge in [-0.25, -0.2) is 8.42 Å². The van der Waals surface area contributed by atoms with Gasteiger partial charge in [-0.1, -0.05) is 19.0 Å².